The second kappa shape index (κ2) is 9.43. The quantitative estimate of drug-likeness (QED) is 0.350. The number of hydrogen-bond donors (Lipinski definition) is 3. The fourth-order valence-corrected chi connectivity index (χ4v) is 4.43. The van der Waals surface area contributed by atoms with Gasteiger partial charge in [0.2, 0.25) is 0 Å². The van der Waals surface area contributed by atoms with Gasteiger partial charge in [0.25, 0.3) is 5.91 Å². The Balaban J connectivity index is 1.32. The number of nitrogens with one attached hydrogen (secondary N) is 2. The number of benzene rings is 2. The number of nitrogens with zero attached hydrogens (tertiary/aromatic N) is 2. The van der Waals surface area contributed by atoms with Crippen LogP contribution in [0.4, 0.5) is 16.5 Å². The zero-order chi connectivity index (χ0) is 20.8. The number of aromatic nitrogens is 2. The van der Waals surface area contributed by atoms with Crippen LogP contribution in [-0.2, 0) is 6.54 Å². The van der Waals surface area contributed by atoms with E-state index in [1.807, 2.05) is 48.7 Å². The van der Waals surface area contributed by atoms with Gasteiger partial charge in [-0.3, -0.25) is 4.79 Å². The molecule has 0 fully saturated rings. The summed E-state index contributed by atoms with van der Waals surface area (Å²) in [6.45, 7) is 0.620. The summed E-state index contributed by atoms with van der Waals surface area (Å²) in [4.78, 5) is 21.1. The lowest BCUT2D eigenvalue weighted by atomic mass is 10.1. The third-order valence-electron chi connectivity index (χ3n) is 4.20. The van der Waals surface area contributed by atoms with Crippen molar-refractivity contribution in [1.82, 2.24) is 9.97 Å². The monoisotopic (exact) mass is 433 g/mol. The van der Waals surface area contributed by atoms with Crippen LogP contribution in [0, 0.1) is 0 Å². The van der Waals surface area contributed by atoms with Crippen LogP contribution in [0.5, 0.6) is 0 Å². The maximum atomic E-state index is 12.4. The van der Waals surface area contributed by atoms with Crippen LogP contribution in [-0.4, -0.2) is 15.9 Å². The number of carbonyl (C=O) groups is 1. The minimum absolute atomic E-state index is 0.191. The average molecular weight is 434 g/mol. The number of nitrogens with two attached hydrogens (primary N) is 1. The van der Waals surface area contributed by atoms with Crippen LogP contribution < -0.4 is 16.4 Å². The highest BCUT2D eigenvalue weighted by Gasteiger charge is 2.08. The van der Waals surface area contributed by atoms with Crippen molar-refractivity contribution < 1.29 is 4.79 Å². The third kappa shape index (κ3) is 5.16. The summed E-state index contributed by atoms with van der Waals surface area (Å²) in [6.07, 6.45) is 3.62. The van der Waals surface area contributed by atoms with Gasteiger partial charge < -0.3 is 16.4 Å². The lowest BCUT2D eigenvalue weighted by molar-refractivity contribution is 0.102. The molecule has 0 radical (unpaired) electrons. The molecule has 0 spiro atoms. The molecule has 30 heavy (non-hydrogen) atoms. The van der Waals surface area contributed by atoms with Gasteiger partial charge >= 0.3 is 0 Å². The van der Waals surface area contributed by atoms with Crippen LogP contribution in [0.2, 0.25) is 0 Å². The Morgan fingerprint density at radius 1 is 1.00 bits per heavy atom. The van der Waals surface area contributed by atoms with Crippen LogP contribution in [0.25, 0.3) is 0 Å². The minimum atomic E-state index is -0.191. The van der Waals surface area contributed by atoms with Crippen molar-refractivity contribution >= 4 is 45.5 Å². The van der Waals surface area contributed by atoms with E-state index in [0.717, 1.165) is 19.9 Å². The Morgan fingerprint density at radius 3 is 2.57 bits per heavy atom. The predicted octanol–water partition coefficient (Wildman–Crippen LogP) is 5.14. The first-order valence-electron chi connectivity index (χ1n) is 9.21. The van der Waals surface area contributed by atoms with E-state index in [2.05, 4.69) is 20.6 Å². The minimum Gasteiger partial charge on any atom is -0.397 e. The van der Waals surface area contributed by atoms with E-state index in [-0.39, 0.29) is 5.91 Å². The van der Waals surface area contributed by atoms with Crippen LogP contribution in [0.15, 0.2) is 88.4 Å². The topological polar surface area (TPSA) is 92.9 Å². The van der Waals surface area contributed by atoms with Crippen LogP contribution in [0.3, 0.4) is 0 Å². The highest BCUT2D eigenvalue weighted by atomic mass is 32.2. The summed E-state index contributed by atoms with van der Waals surface area (Å²) >= 11 is 3.17. The smallest absolute Gasteiger partial charge is 0.255 e. The predicted molar refractivity (Wildman–Crippen MR) is 123 cm³/mol. The van der Waals surface area contributed by atoms with Crippen molar-refractivity contribution in [2.24, 2.45) is 0 Å². The first kappa shape index (κ1) is 19.9. The summed E-state index contributed by atoms with van der Waals surface area (Å²) < 4.78 is 1.07. The lowest BCUT2D eigenvalue weighted by Gasteiger charge is -2.08. The molecule has 150 valence electrons. The van der Waals surface area contributed by atoms with Gasteiger partial charge in [-0.05, 0) is 42.0 Å². The number of hydrogen-bond acceptors (Lipinski definition) is 7. The zero-order valence-corrected chi connectivity index (χ0v) is 17.5. The Kier molecular flexibility index (Phi) is 6.26. The number of amides is 1. The van der Waals surface area contributed by atoms with Crippen molar-refractivity contribution in [3.63, 3.8) is 0 Å². The molecule has 6 nitrogen and oxygen atoms in total. The highest BCUT2D eigenvalue weighted by Crippen LogP contribution is 2.32. The number of anilines is 3. The Bertz CT molecular complexity index is 1130. The van der Waals surface area contributed by atoms with Crippen molar-refractivity contribution in [3.8, 4) is 0 Å². The van der Waals surface area contributed by atoms with Crippen molar-refractivity contribution in [2.45, 2.75) is 15.8 Å². The zero-order valence-electron chi connectivity index (χ0n) is 15.9. The fraction of sp³-hybridized carbons (Fsp3) is 0.0455. The van der Waals surface area contributed by atoms with Gasteiger partial charge in [-0.2, -0.15) is 0 Å². The van der Waals surface area contributed by atoms with Gasteiger partial charge in [-0.1, -0.05) is 53.4 Å². The van der Waals surface area contributed by atoms with E-state index >= 15 is 0 Å². The molecule has 2 aromatic heterocycles. The van der Waals surface area contributed by atoms with E-state index in [0.29, 0.717) is 23.5 Å². The van der Waals surface area contributed by atoms with Crippen LogP contribution in [0.1, 0.15) is 15.9 Å². The molecule has 0 atom stereocenters. The molecular formula is C22H19N5OS2. The Morgan fingerprint density at radius 2 is 1.80 bits per heavy atom. The molecule has 2 aromatic carbocycles. The number of thiazole rings is 1. The van der Waals surface area contributed by atoms with E-state index in [4.69, 9.17) is 5.73 Å². The second-order valence-electron chi connectivity index (χ2n) is 6.35. The molecule has 0 saturated heterocycles. The Labute approximate surface area is 182 Å². The van der Waals surface area contributed by atoms with E-state index in [1.54, 1.807) is 53.6 Å². The van der Waals surface area contributed by atoms with E-state index in [9.17, 15) is 4.79 Å². The largest absolute Gasteiger partial charge is 0.397 e. The molecule has 0 aliphatic heterocycles. The van der Waals surface area contributed by atoms with Crippen molar-refractivity contribution in [3.05, 3.63) is 90.3 Å². The van der Waals surface area contributed by atoms with E-state index in [1.165, 1.54) is 0 Å². The molecule has 0 saturated carbocycles. The highest BCUT2D eigenvalue weighted by molar-refractivity contribution is 8.01. The normalized spacial score (nSPS) is 10.5. The second-order valence-corrected chi connectivity index (χ2v) is 8.70. The van der Waals surface area contributed by atoms with Gasteiger partial charge in [-0.25, -0.2) is 9.97 Å². The molecule has 4 N–H and O–H groups in total. The maximum absolute atomic E-state index is 12.4. The van der Waals surface area contributed by atoms with Crippen molar-refractivity contribution in [1.29, 1.82) is 0 Å². The number of nitrogen functional groups attached to an aromatic ring is 1. The van der Waals surface area contributed by atoms with Crippen LogP contribution >= 0.6 is 23.1 Å². The molecule has 8 heteroatoms. The summed E-state index contributed by atoms with van der Waals surface area (Å²) in [7, 11) is 0. The number of pyridine rings is 1. The molecule has 4 aromatic rings. The lowest BCUT2D eigenvalue weighted by Crippen LogP contribution is -2.13. The van der Waals surface area contributed by atoms with Gasteiger partial charge in [-0.15, -0.1) is 0 Å². The SMILES string of the molecule is Nc1ccccc1NC(=O)c1ccc(CNc2ncc(Sc3ccccn3)s2)cc1. The molecule has 1 amide bonds. The van der Waals surface area contributed by atoms with Gasteiger partial charge in [0.15, 0.2) is 5.13 Å². The van der Waals surface area contributed by atoms with Gasteiger partial charge in [0.05, 0.1) is 21.8 Å². The first-order chi connectivity index (χ1) is 14.7. The number of rotatable bonds is 7. The summed E-state index contributed by atoms with van der Waals surface area (Å²) in [5, 5.41) is 7.94. The summed E-state index contributed by atoms with van der Waals surface area (Å²) in [6, 6.07) is 20.5. The molecule has 0 aliphatic carbocycles. The maximum Gasteiger partial charge on any atom is 0.255 e. The van der Waals surface area contributed by atoms with E-state index < -0.39 is 0 Å². The molecule has 4 rings (SSSR count). The van der Waals surface area contributed by atoms with Crippen molar-refractivity contribution in [2.75, 3.05) is 16.4 Å². The molecule has 2 heterocycles. The summed E-state index contributed by atoms with van der Waals surface area (Å²) in [5.74, 6) is -0.191. The first-order valence-corrected chi connectivity index (χ1v) is 10.8. The average Bonchev–Trinajstić information content (AvgIpc) is 3.22. The number of carbonyl (C=O) groups excluding carboxylic acids is 1. The standard InChI is InChI=1S/C22H19N5OS2/c23-17-5-1-2-6-18(17)27-21(28)16-10-8-15(9-11-16)13-25-22-26-14-20(30-22)29-19-7-3-4-12-24-19/h1-12,14H,13,23H2,(H,25,26)(H,27,28). The van der Waals surface area contributed by atoms with Gasteiger partial charge in [0, 0.05) is 18.3 Å². The summed E-state index contributed by atoms with van der Waals surface area (Å²) in [5.41, 5.74) is 8.65. The molecule has 0 unspecified atom stereocenters. The molecule has 0 bridgehead atoms. The molecule has 0 aliphatic rings. The Hall–Kier alpha value is -3.36. The van der Waals surface area contributed by atoms with Gasteiger partial charge in [0.1, 0.15) is 5.03 Å². The molecular weight excluding hydrogens is 414 g/mol. The third-order valence-corrected chi connectivity index (χ3v) is 6.20. The number of para-hydroxylation sites is 2. The fourth-order valence-electron chi connectivity index (χ4n) is 2.66.